The first-order valence-electron chi connectivity index (χ1n) is 36.7. The van der Waals surface area contributed by atoms with E-state index in [1.165, 1.54) is 104 Å². The van der Waals surface area contributed by atoms with E-state index in [-0.39, 0.29) is 89.2 Å². The van der Waals surface area contributed by atoms with Gasteiger partial charge in [0.05, 0.1) is 78.4 Å². The molecule has 0 atom stereocenters. The van der Waals surface area contributed by atoms with Crippen LogP contribution in [0.3, 0.4) is 0 Å². The molecule has 616 valence electrons. The van der Waals surface area contributed by atoms with Crippen LogP contribution in [0.4, 0.5) is 5.95 Å². The number of anilines is 1. The van der Waals surface area contributed by atoms with Crippen LogP contribution in [0.5, 0.6) is 11.5 Å². The molecule has 0 aliphatic heterocycles. The zero-order valence-corrected chi connectivity index (χ0v) is 69.0. The van der Waals surface area contributed by atoms with Crippen LogP contribution in [-0.2, 0) is 72.6 Å². The molecule has 121 heavy (non-hydrogen) atoms. The van der Waals surface area contributed by atoms with Gasteiger partial charge in [0.15, 0.2) is 11.5 Å². The third-order valence-electron chi connectivity index (χ3n) is 18.7. The molecule has 0 aliphatic rings. The second-order valence-electron chi connectivity index (χ2n) is 27.2. The van der Waals surface area contributed by atoms with E-state index >= 15 is 0 Å². The molecule has 0 fully saturated rings. The van der Waals surface area contributed by atoms with E-state index in [9.17, 15) is 52.8 Å². The van der Waals surface area contributed by atoms with Crippen molar-refractivity contribution in [1.82, 2.24) is 88.9 Å². The summed E-state index contributed by atoms with van der Waals surface area (Å²) in [5.41, 5.74) is 8.59. The van der Waals surface area contributed by atoms with E-state index in [0.29, 0.717) is 56.9 Å². The van der Waals surface area contributed by atoms with Gasteiger partial charge in [-0.15, -0.1) is 0 Å². The quantitative estimate of drug-likeness (QED) is 0.0397. The fourth-order valence-electron chi connectivity index (χ4n) is 12.2. The molecule has 11 aromatic heterocycles. The van der Waals surface area contributed by atoms with Crippen LogP contribution >= 0.6 is 0 Å². The largest absolute Gasteiger partial charge is 0.493 e. The van der Waals surface area contributed by atoms with E-state index in [0.717, 1.165) is 44.5 Å². The van der Waals surface area contributed by atoms with E-state index in [1.807, 2.05) is 0 Å². The fourth-order valence-corrected chi connectivity index (χ4v) is 17.4. The number of methoxy groups -OCH3 is 2. The Morgan fingerprint density at radius 2 is 0.876 bits per heavy atom. The van der Waals surface area contributed by atoms with E-state index in [4.69, 9.17) is 9.47 Å². The molecule has 37 heteroatoms. The zero-order chi connectivity index (χ0) is 85.8. The molecule has 0 unspecified atom stereocenters. The highest BCUT2D eigenvalue weighted by Crippen LogP contribution is 2.33. The van der Waals surface area contributed by atoms with Gasteiger partial charge >= 0.3 is 0 Å². The van der Waals surface area contributed by atoms with Gasteiger partial charge in [-0.1, -0.05) is 48.5 Å². The number of aromatic amines is 1. The summed E-state index contributed by atoms with van der Waals surface area (Å²) in [5.74, 6) is 0.731. The number of sulfone groups is 4. The Hall–Kier alpha value is -14.7. The van der Waals surface area contributed by atoms with Crippen molar-refractivity contribution in [3.05, 3.63) is 319 Å². The Balaban J connectivity index is 0.000000139. The van der Waals surface area contributed by atoms with Gasteiger partial charge in [-0.2, -0.15) is 0 Å². The number of carbonyl (C=O) groups is 4. The van der Waals surface area contributed by atoms with Crippen LogP contribution in [0.15, 0.2) is 302 Å². The lowest BCUT2D eigenvalue weighted by Gasteiger charge is -2.11. The molecule has 33 nitrogen and oxygen atoms in total. The number of hydrogen-bond acceptors (Lipinski definition) is 24. The summed E-state index contributed by atoms with van der Waals surface area (Å²) >= 11 is 0. The number of hydrogen-bond donors (Lipinski definition) is 5. The summed E-state index contributed by atoms with van der Waals surface area (Å²) < 4.78 is 120. The minimum absolute atomic E-state index is 0.00551. The number of H-pyrrole nitrogens is 1. The van der Waals surface area contributed by atoms with Crippen molar-refractivity contribution in [2.45, 2.75) is 79.5 Å². The maximum Gasteiger partial charge on any atom is 0.267 e. The number of carbonyl (C=O) groups excluding carboxylic acids is 4. The van der Waals surface area contributed by atoms with Crippen molar-refractivity contribution < 1.29 is 62.3 Å². The molecular formula is C84H77N19O14S4. The maximum absolute atomic E-state index is 13.0. The van der Waals surface area contributed by atoms with Crippen molar-refractivity contribution in [2.24, 2.45) is 7.05 Å². The smallest absolute Gasteiger partial charge is 0.267 e. The Morgan fingerprint density at radius 3 is 1.37 bits per heavy atom. The lowest BCUT2D eigenvalue weighted by Crippen LogP contribution is -2.23. The van der Waals surface area contributed by atoms with Gasteiger partial charge in [0.2, 0.25) is 56.2 Å². The fraction of sp³-hybridized carbons (Fsp3) is 0.131. The van der Waals surface area contributed by atoms with Crippen molar-refractivity contribution in [3.8, 4) is 11.5 Å². The molecule has 16 rings (SSSR count). The van der Waals surface area contributed by atoms with Crippen LogP contribution < -0.4 is 35.6 Å². The Labute approximate surface area is 694 Å². The lowest BCUT2D eigenvalue weighted by atomic mass is 10.2. The number of nitrogens with zero attached hydrogens (tertiary/aromatic N) is 14. The first-order valence-corrected chi connectivity index (χ1v) is 42.7. The topological polar surface area (TPSA) is 425 Å². The van der Waals surface area contributed by atoms with Crippen LogP contribution in [0, 0.1) is 13.8 Å². The number of ether oxygens (including phenoxy) is 2. The standard InChI is InChI=1S/C23H21N3O5S.C21H20N6O3S.C20H19N5O3S.C20H17N5O3S/c1-30-21-8-7-18(12-22(21)31-2)32(28,29)17-5-3-15(4-6-17)13-25-23(27)20-11-16-14-24-10-9-19(16)26-20;1-26(2)21-24-12-18(13-25-21)31(29,30)17-6-3-15(4-7-17)11-23-20(28)16-5-8-19-22-9-10-27(19)14-16;1-14-12-24(2)20(23-14)29(27,28)17-6-3-15(4-7-17)11-22-19(26)16-5-8-18-21-9-10-25(18)13-16;1-14-6-7-21-12-18(14)29(27,28)17-4-2-15(3-5-17)10-23-19(26)16-11-24-20-22-8-9-25(20)13-16/h3-12,14,26H,13H2,1-2H3,(H,25,27);3-10,12-14H,11H2,1-2H3,(H,23,28);3-10,12-13H,11H2,1-2H3,(H,22,26);2-9,11-13H,10H2,1H3,(H,23,26). The normalized spacial score (nSPS) is 11.5. The molecule has 0 saturated carbocycles. The number of imidazole rings is 4. The van der Waals surface area contributed by atoms with Crippen LogP contribution in [0.25, 0.3) is 28.0 Å². The summed E-state index contributed by atoms with van der Waals surface area (Å²) in [6.07, 6.45) is 27.2. The molecule has 0 saturated heterocycles. The SMILES string of the molecule is CN(C)c1ncc(S(=O)(=O)c2ccc(CNC(=O)c3ccc4nccn4c3)cc2)cn1.COc1ccc(S(=O)(=O)c2ccc(CNC(=O)c3cc4cnccc4[nH]3)cc2)cc1OC.Cc1ccncc1S(=O)(=O)c1ccc(CNC(=O)c2cnc3nccn3c2)cc1.Cc1cn(C)c(S(=O)(=O)c2ccc(CNC(=O)c3ccc4nccn4c3)cc2)n1. The van der Waals surface area contributed by atoms with E-state index in [2.05, 4.69) is 71.1 Å². The first-order chi connectivity index (χ1) is 58.0. The van der Waals surface area contributed by atoms with Gasteiger partial charge in [-0.05, 0) is 145 Å². The predicted octanol–water partition coefficient (Wildman–Crippen LogP) is 9.63. The van der Waals surface area contributed by atoms with Crippen molar-refractivity contribution in [1.29, 1.82) is 0 Å². The lowest BCUT2D eigenvalue weighted by molar-refractivity contribution is 0.0939. The molecule has 0 radical (unpaired) electrons. The summed E-state index contributed by atoms with van der Waals surface area (Å²) in [5, 5.41) is 12.1. The number of benzene rings is 5. The van der Waals surface area contributed by atoms with Crippen LogP contribution in [0.1, 0.15) is 75.1 Å². The number of nitrogens with one attached hydrogen (secondary N) is 5. The van der Waals surface area contributed by atoms with Gasteiger partial charge in [-0.25, -0.2) is 68.6 Å². The highest BCUT2D eigenvalue weighted by Gasteiger charge is 2.26. The zero-order valence-electron chi connectivity index (χ0n) is 65.8. The molecule has 0 bridgehead atoms. The number of rotatable bonds is 23. The minimum atomic E-state index is -3.74. The summed E-state index contributed by atoms with van der Waals surface area (Å²) in [4.78, 5) is 91.8. The van der Waals surface area contributed by atoms with Gasteiger partial charge in [0.25, 0.3) is 23.6 Å². The molecule has 11 heterocycles. The Kier molecular flexibility index (Phi) is 25.4. The van der Waals surface area contributed by atoms with Gasteiger partial charge in [0.1, 0.15) is 21.9 Å². The van der Waals surface area contributed by atoms with Gasteiger partial charge in [-0.3, -0.25) is 33.5 Å². The number of aromatic nitrogens is 14. The van der Waals surface area contributed by atoms with Gasteiger partial charge in [0, 0.05) is 157 Å². The molecule has 16 aromatic rings. The van der Waals surface area contributed by atoms with Crippen LogP contribution in [-0.4, -0.2) is 153 Å². The second-order valence-corrected chi connectivity index (χ2v) is 34.9. The first kappa shape index (κ1) is 84.2. The highest BCUT2D eigenvalue weighted by molar-refractivity contribution is 7.92. The molecule has 5 N–H and O–H groups in total. The number of aryl methyl sites for hydroxylation is 3. The summed E-state index contributed by atoms with van der Waals surface area (Å²) in [7, 11) is -6.67. The summed E-state index contributed by atoms with van der Waals surface area (Å²) in [6.45, 7) is 4.53. The highest BCUT2D eigenvalue weighted by atomic mass is 32.2. The van der Waals surface area contributed by atoms with Crippen LogP contribution in [0.2, 0.25) is 0 Å². The van der Waals surface area contributed by atoms with E-state index in [1.54, 1.807) is 231 Å². The average molecular weight is 1700 g/mol. The molecular weight excluding hydrogens is 1630 g/mol. The van der Waals surface area contributed by atoms with E-state index < -0.39 is 39.3 Å². The molecule has 0 aliphatic carbocycles. The monoisotopic (exact) mass is 1700 g/mol. The number of pyridine rings is 4. The molecule has 0 spiro atoms. The molecule has 5 aromatic carbocycles. The third-order valence-corrected chi connectivity index (χ3v) is 25.8. The number of amides is 4. The second kappa shape index (κ2) is 36.4. The Morgan fingerprint density at radius 1 is 0.421 bits per heavy atom. The third kappa shape index (κ3) is 19.6. The summed E-state index contributed by atoms with van der Waals surface area (Å²) in [6, 6.07) is 42.1. The predicted molar refractivity (Wildman–Crippen MR) is 445 cm³/mol. The van der Waals surface area contributed by atoms with Crippen molar-refractivity contribution >= 4 is 96.9 Å². The number of fused-ring (bicyclic) bond motifs is 4. The van der Waals surface area contributed by atoms with Crippen molar-refractivity contribution in [2.75, 3.05) is 33.2 Å². The average Bonchev–Trinajstić information content (AvgIpc) is 1.51. The minimum Gasteiger partial charge on any atom is -0.493 e. The maximum atomic E-state index is 13.0. The van der Waals surface area contributed by atoms with Crippen molar-refractivity contribution in [3.63, 3.8) is 0 Å². The molecule has 4 amide bonds. The van der Waals surface area contributed by atoms with Gasteiger partial charge < -0.3 is 54.0 Å². The Bertz CT molecular complexity index is 6950.